The number of esters is 1. The van der Waals surface area contributed by atoms with Crippen molar-refractivity contribution in [3.05, 3.63) is 0 Å². The van der Waals surface area contributed by atoms with Crippen LogP contribution in [0.25, 0.3) is 0 Å². The molecule has 20 heavy (non-hydrogen) atoms. The Hall–Kier alpha value is -0.990. The molecule has 0 fully saturated rings. The average molecular weight is 331 g/mol. The van der Waals surface area contributed by atoms with Gasteiger partial charge >= 0.3 is 18.3 Å². The molecule has 0 aliphatic heterocycles. The van der Waals surface area contributed by atoms with Crippen LogP contribution in [0.5, 0.6) is 0 Å². The molecule has 0 aromatic rings. The summed E-state index contributed by atoms with van der Waals surface area (Å²) in [6.45, 7) is 1.67. The molecule has 0 aromatic carbocycles. The van der Waals surface area contributed by atoms with E-state index >= 15 is 0 Å². The van der Waals surface area contributed by atoms with Crippen molar-refractivity contribution < 1.29 is 40.7 Å². The van der Waals surface area contributed by atoms with Crippen LogP contribution in [0.4, 0.5) is 26.3 Å². The third kappa shape index (κ3) is 22.2. The van der Waals surface area contributed by atoms with Crippen molar-refractivity contribution >= 4 is 22.8 Å². The van der Waals surface area contributed by atoms with Gasteiger partial charge in [-0.1, -0.05) is 0 Å². The topological polar surface area (TPSA) is 43.4 Å². The fourth-order valence-electron chi connectivity index (χ4n) is 0.717. The molecular weight excluding hydrogens is 318 g/mol. The number of ether oxygens (including phenoxy) is 1. The lowest BCUT2D eigenvalue weighted by Gasteiger charge is -2.04. The van der Waals surface area contributed by atoms with Crippen LogP contribution in [0.1, 0.15) is 32.6 Å². The van der Waals surface area contributed by atoms with E-state index in [2.05, 4.69) is 16.3 Å². The molecule has 0 spiro atoms. The first kappa shape index (κ1) is 21.3. The van der Waals surface area contributed by atoms with E-state index in [1.54, 1.807) is 6.92 Å². The molecule has 0 saturated carbocycles. The van der Waals surface area contributed by atoms with Crippen LogP contribution >= 0.6 is 11.6 Å². The van der Waals surface area contributed by atoms with Crippen LogP contribution in [-0.2, 0) is 14.3 Å². The van der Waals surface area contributed by atoms with Crippen LogP contribution in [-0.4, -0.2) is 30.2 Å². The van der Waals surface area contributed by atoms with Gasteiger partial charge in [0.15, 0.2) is 0 Å². The number of carbonyl (C=O) groups is 2. The zero-order valence-electron chi connectivity index (χ0n) is 10.4. The van der Waals surface area contributed by atoms with Gasteiger partial charge in [-0.15, -0.1) is 0 Å². The Bertz CT molecular complexity index is 300. The van der Waals surface area contributed by atoms with E-state index in [-0.39, 0.29) is 6.61 Å². The van der Waals surface area contributed by atoms with Crippen molar-refractivity contribution in [1.29, 1.82) is 0 Å². The summed E-state index contributed by atoms with van der Waals surface area (Å²) in [6, 6.07) is 0. The van der Waals surface area contributed by atoms with E-state index in [0.29, 0.717) is 0 Å². The summed E-state index contributed by atoms with van der Waals surface area (Å²) in [7, 11) is 0. The summed E-state index contributed by atoms with van der Waals surface area (Å²) >= 11 is 4.64. The first-order valence-electron chi connectivity index (χ1n) is 5.35. The van der Waals surface area contributed by atoms with Crippen LogP contribution in [0.3, 0.4) is 0 Å². The number of hydrogen-bond acceptors (Lipinski definition) is 3. The van der Waals surface area contributed by atoms with E-state index in [9.17, 15) is 35.9 Å². The van der Waals surface area contributed by atoms with E-state index in [1.807, 2.05) is 0 Å². The zero-order valence-corrected chi connectivity index (χ0v) is 11.2. The molecule has 0 amide bonds. The molecule has 0 atom stereocenters. The van der Waals surface area contributed by atoms with Crippen LogP contribution in [0.15, 0.2) is 0 Å². The highest BCUT2D eigenvalue weighted by molar-refractivity contribution is 6.63. The Kier molecular flexibility index (Phi) is 10.5. The van der Waals surface area contributed by atoms with Crippen molar-refractivity contribution in [2.75, 3.05) is 6.61 Å². The molecular formula is C10H13ClF6O3. The van der Waals surface area contributed by atoms with Gasteiger partial charge < -0.3 is 4.74 Å². The van der Waals surface area contributed by atoms with Gasteiger partial charge in [0.2, 0.25) is 5.24 Å². The maximum absolute atomic E-state index is 11.4. The molecule has 10 heteroatoms. The monoisotopic (exact) mass is 330 g/mol. The number of rotatable bonds is 5. The molecule has 0 saturated heterocycles. The molecule has 0 unspecified atom stereocenters. The molecule has 0 aliphatic carbocycles. The second kappa shape index (κ2) is 9.84. The van der Waals surface area contributed by atoms with Crippen molar-refractivity contribution in [3.63, 3.8) is 0 Å². The molecule has 0 radical (unpaired) electrons. The summed E-state index contributed by atoms with van der Waals surface area (Å²) < 4.78 is 72.3. The summed E-state index contributed by atoms with van der Waals surface area (Å²) in [5, 5.41) is -0.952. The third-order valence-electron chi connectivity index (χ3n) is 1.52. The summed E-state index contributed by atoms with van der Waals surface area (Å²) in [5.74, 6) is -0.801. The van der Waals surface area contributed by atoms with Crippen molar-refractivity contribution in [3.8, 4) is 0 Å². The Morgan fingerprint density at radius 1 is 0.950 bits per heavy atom. The van der Waals surface area contributed by atoms with Gasteiger partial charge in [-0.2, -0.15) is 26.3 Å². The minimum Gasteiger partial charge on any atom is -0.466 e. The Balaban J connectivity index is 0. The van der Waals surface area contributed by atoms with E-state index in [1.165, 1.54) is 0 Å². The lowest BCUT2D eigenvalue weighted by atomic mass is 10.3. The van der Waals surface area contributed by atoms with Gasteiger partial charge in [0, 0.05) is 6.42 Å². The lowest BCUT2D eigenvalue weighted by molar-refractivity contribution is -0.156. The number of halogens is 7. The average Bonchev–Trinajstić information content (AvgIpc) is 2.23. The predicted molar refractivity (Wildman–Crippen MR) is 58.1 cm³/mol. The minimum atomic E-state index is -4.27. The molecule has 0 aromatic heterocycles. The SMILES string of the molecule is CCOC(=O)CCC(F)(F)F.O=C(Cl)CCC(F)(F)F. The smallest absolute Gasteiger partial charge is 0.389 e. The van der Waals surface area contributed by atoms with Crippen LogP contribution in [0.2, 0.25) is 0 Å². The fourth-order valence-corrected chi connectivity index (χ4v) is 0.811. The quantitative estimate of drug-likeness (QED) is 0.435. The molecule has 0 heterocycles. The van der Waals surface area contributed by atoms with Gasteiger partial charge in [-0.3, -0.25) is 9.59 Å². The summed E-state index contributed by atoms with van der Waals surface area (Å²) in [4.78, 5) is 20.1. The Morgan fingerprint density at radius 2 is 1.35 bits per heavy atom. The molecule has 0 rings (SSSR count). The second-order valence-corrected chi connectivity index (χ2v) is 3.81. The van der Waals surface area contributed by atoms with Gasteiger partial charge in [0.05, 0.1) is 25.9 Å². The van der Waals surface area contributed by atoms with Crippen LogP contribution < -0.4 is 0 Å². The van der Waals surface area contributed by atoms with E-state index in [0.717, 1.165) is 0 Å². The number of hydrogen-bond donors (Lipinski definition) is 0. The maximum atomic E-state index is 11.4. The van der Waals surface area contributed by atoms with E-state index < -0.39 is 49.2 Å². The predicted octanol–water partition coefficient (Wildman–Crippen LogP) is 3.99. The van der Waals surface area contributed by atoms with E-state index in [4.69, 9.17) is 0 Å². The maximum Gasteiger partial charge on any atom is 0.389 e. The number of alkyl halides is 6. The highest BCUT2D eigenvalue weighted by atomic mass is 35.5. The van der Waals surface area contributed by atoms with Crippen molar-refractivity contribution in [1.82, 2.24) is 0 Å². The molecule has 0 N–H and O–H groups in total. The Morgan fingerprint density at radius 3 is 1.60 bits per heavy atom. The first-order valence-corrected chi connectivity index (χ1v) is 5.72. The third-order valence-corrected chi connectivity index (χ3v) is 1.71. The number of carbonyl (C=O) groups excluding carboxylic acids is 2. The molecule has 0 aliphatic rings. The first-order chi connectivity index (χ1) is 8.87. The summed E-state index contributed by atoms with van der Waals surface area (Å²) in [6.07, 6.45) is -12.0. The van der Waals surface area contributed by atoms with Crippen molar-refractivity contribution in [2.45, 2.75) is 45.0 Å². The minimum absolute atomic E-state index is 0.122. The summed E-state index contributed by atoms with van der Waals surface area (Å²) in [5.41, 5.74) is 0. The normalized spacial score (nSPS) is 11.4. The molecule has 3 nitrogen and oxygen atoms in total. The van der Waals surface area contributed by atoms with Crippen molar-refractivity contribution in [2.24, 2.45) is 0 Å². The zero-order chi connectivity index (χ0) is 16.4. The lowest BCUT2D eigenvalue weighted by Crippen LogP contribution is -2.12. The van der Waals surface area contributed by atoms with Gasteiger partial charge in [0.1, 0.15) is 0 Å². The van der Waals surface area contributed by atoms with Crippen LogP contribution in [0, 0.1) is 0 Å². The Labute approximate surface area is 116 Å². The standard InChI is InChI=1S/C6H9F3O2.C4H4ClF3O/c1-2-11-5(10)3-4-6(7,8)9;5-3(9)1-2-4(6,7)8/h2-4H2,1H3;1-2H2. The van der Waals surface area contributed by atoms with Gasteiger partial charge in [0.25, 0.3) is 0 Å². The molecule has 120 valence electrons. The van der Waals surface area contributed by atoms with Gasteiger partial charge in [-0.05, 0) is 18.5 Å². The highest BCUT2D eigenvalue weighted by Gasteiger charge is 2.28. The highest BCUT2D eigenvalue weighted by Crippen LogP contribution is 2.22. The van der Waals surface area contributed by atoms with Gasteiger partial charge in [-0.25, -0.2) is 0 Å². The molecule has 0 bridgehead atoms. The second-order valence-electron chi connectivity index (χ2n) is 3.39. The fraction of sp³-hybridized carbons (Fsp3) is 0.800. The largest absolute Gasteiger partial charge is 0.466 e.